The van der Waals surface area contributed by atoms with Gasteiger partial charge in [0.2, 0.25) is 0 Å². The lowest BCUT2D eigenvalue weighted by Crippen LogP contribution is -1.92. The van der Waals surface area contributed by atoms with Crippen LogP contribution in [0.5, 0.6) is 0 Å². The molecule has 0 bridgehead atoms. The third-order valence-electron chi connectivity index (χ3n) is 1.98. The molecule has 0 amide bonds. The van der Waals surface area contributed by atoms with Gasteiger partial charge in [0.05, 0.1) is 5.40 Å². The smallest absolute Gasteiger partial charge is 0.0571 e. The molecule has 0 saturated heterocycles. The first kappa shape index (κ1) is 11.4. The molecule has 1 aliphatic heterocycles. The van der Waals surface area contributed by atoms with E-state index in [1.807, 2.05) is 6.92 Å². The molecular formula is C12H14P2. The second kappa shape index (κ2) is 5.27. The fraction of sp³-hybridized carbons (Fsp3) is 0.417. The highest BCUT2D eigenvalue weighted by molar-refractivity contribution is 8.10. The van der Waals surface area contributed by atoms with Crippen LogP contribution in [0, 0.1) is 29.6 Å². The van der Waals surface area contributed by atoms with Crippen LogP contribution in [-0.2, 0) is 0 Å². The molecule has 0 N–H and O–H groups in total. The molecule has 3 unspecified atom stereocenters. The van der Waals surface area contributed by atoms with Gasteiger partial charge in [0, 0.05) is 17.9 Å². The van der Waals surface area contributed by atoms with E-state index >= 15 is 0 Å². The van der Waals surface area contributed by atoms with Crippen molar-refractivity contribution in [3.8, 4) is 23.7 Å². The highest BCUT2D eigenvalue weighted by atomic mass is 31.8. The molecule has 14 heavy (non-hydrogen) atoms. The summed E-state index contributed by atoms with van der Waals surface area (Å²) in [6.07, 6.45) is 5.05. The van der Waals surface area contributed by atoms with E-state index in [2.05, 4.69) is 43.5 Å². The topological polar surface area (TPSA) is 0 Å². The molecule has 0 aromatic heterocycles. The zero-order valence-corrected chi connectivity index (χ0v) is 10.5. The van der Waals surface area contributed by atoms with Crippen molar-refractivity contribution < 1.29 is 0 Å². The van der Waals surface area contributed by atoms with E-state index in [0.717, 1.165) is 17.4 Å². The van der Waals surface area contributed by atoms with E-state index in [-0.39, 0.29) is 12.7 Å². The average Bonchev–Trinajstić information content (AvgIpc) is 2.82. The van der Waals surface area contributed by atoms with Crippen molar-refractivity contribution in [1.82, 2.24) is 0 Å². The summed E-state index contributed by atoms with van der Waals surface area (Å²) in [6, 6.07) is 0. The maximum absolute atomic E-state index is 4.04. The maximum Gasteiger partial charge on any atom is 0.0571 e. The summed E-state index contributed by atoms with van der Waals surface area (Å²) < 4.78 is 0. The Morgan fingerprint density at radius 1 is 1.64 bits per heavy atom. The van der Waals surface area contributed by atoms with Crippen LogP contribution >= 0.6 is 14.7 Å². The van der Waals surface area contributed by atoms with Gasteiger partial charge in [-0.2, -0.15) is 0 Å². The van der Waals surface area contributed by atoms with Gasteiger partial charge in [-0.05, 0) is 13.8 Å². The second-order valence-corrected chi connectivity index (χ2v) is 8.18. The molecule has 0 spiro atoms. The Kier molecular flexibility index (Phi) is 4.29. The minimum Gasteiger partial charge on any atom is -0.102 e. The molecule has 0 fully saturated rings. The summed E-state index contributed by atoms with van der Waals surface area (Å²) in [7, 11) is 1.53. The van der Waals surface area contributed by atoms with Crippen LogP contribution in [0.1, 0.15) is 20.3 Å². The first-order chi connectivity index (χ1) is 6.65. The van der Waals surface area contributed by atoms with Crippen molar-refractivity contribution in [1.29, 1.82) is 0 Å². The standard InChI is InChI=1S/C12H14P2/c1-5-7-10(2)11(3)8-6-9-12-13-14(12)4/h11-12H,2,4,9H2,1,3H3. The Morgan fingerprint density at radius 3 is 2.79 bits per heavy atom. The Morgan fingerprint density at radius 2 is 2.29 bits per heavy atom. The lowest BCUT2D eigenvalue weighted by Gasteiger charge is -1.98. The monoisotopic (exact) mass is 220 g/mol. The van der Waals surface area contributed by atoms with E-state index in [1.54, 1.807) is 0 Å². The normalized spacial score (nSPS) is 23.0. The largest absolute Gasteiger partial charge is 0.102 e. The molecule has 72 valence electrons. The summed E-state index contributed by atoms with van der Waals surface area (Å²) in [5.41, 5.74) is 0.922. The predicted octanol–water partition coefficient (Wildman–Crippen LogP) is 3.71. The van der Waals surface area contributed by atoms with Gasteiger partial charge in [-0.3, -0.25) is 0 Å². The van der Waals surface area contributed by atoms with E-state index in [0.29, 0.717) is 0 Å². The molecule has 0 aliphatic carbocycles. The lowest BCUT2D eigenvalue weighted by molar-refractivity contribution is 0.939. The Bertz CT molecular complexity index is 428. The van der Waals surface area contributed by atoms with E-state index in [4.69, 9.17) is 0 Å². The zero-order chi connectivity index (χ0) is 10.6. The highest BCUT2D eigenvalue weighted by Crippen LogP contribution is 2.55. The van der Waals surface area contributed by atoms with Gasteiger partial charge in [0.1, 0.15) is 0 Å². The third-order valence-corrected chi connectivity index (χ3v) is 6.14. The van der Waals surface area contributed by atoms with E-state index in [9.17, 15) is 0 Å². The van der Waals surface area contributed by atoms with Gasteiger partial charge in [0.15, 0.2) is 0 Å². The van der Waals surface area contributed by atoms with E-state index < -0.39 is 0 Å². The maximum atomic E-state index is 4.04. The third kappa shape index (κ3) is 3.60. The van der Waals surface area contributed by atoms with Crippen molar-refractivity contribution >= 4 is 21.0 Å². The summed E-state index contributed by atoms with van der Waals surface area (Å²) in [5, 5.41) is 0.787. The van der Waals surface area contributed by atoms with Gasteiger partial charge in [-0.1, -0.05) is 39.4 Å². The second-order valence-electron chi connectivity index (χ2n) is 3.18. The van der Waals surface area contributed by atoms with Crippen LogP contribution < -0.4 is 0 Å². The molecule has 1 heterocycles. The average molecular weight is 220 g/mol. The summed E-state index contributed by atoms with van der Waals surface area (Å²) in [6.45, 7) is 7.85. The van der Waals surface area contributed by atoms with Crippen molar-refractivity contribution in [2.24, 2.45) is 5.92 Å². The van der Waals surface area contributed by atoms with Gasteiger partial charge in [-0.15, -0.1) is 11.8 Å². The van der Waals surface area contributed by atoms with Crippen LogP contribution in [-0.4, -0.2) is 11.7 Å². The zero-order valence-electron chi connectivity index (χ0n) is 8.67. The molecule has 1 aliphatic rings. The van der Waals surface area contributed by atoms with Gasteiger partial charge >= 0.3 is 0 Å². The van der Waals surface area contributed by atoms with Crippen LogP contribution in [0.3, 0.4) is 0 Å². The molecule has 0 aromatic carbocycles. The Balaban J connectivity index is 2.37. The van der Waals surface area contributed by atoms with Crippen LogP contribution in [0.15, 0.2) is 12.2 Å². The minimum absolute atomic E-state index is 0.0826. The molecule has 3 atom stereocenters. The molecule has 2 heteroatoms. The van der Waals surface area contributed by atoms with Crippen molar-refractivity contribution in [3.63, 3.8) is 0 Å². The predicted molar refractivity (Wildman–Crippen MR) is 68.9 cm³/mol. The van der Waals surface area contributed by atoms with E-state index in [1.165, 1.54) is 7.87 Å². The molecule has 0 aromatic rings. The van der Waals surface area contributed by atoms with Gasteiger partial charge in [0.25, 0.3) is 0 Å². The lowest BCUT2D eigenvalue weighted by atomic mass is 10.0. The molecule has 0 radical (unpaired) electrons. The van der Waals surface area contributed by atoms with Crippen LogP contribution in [0.2, 0.25) is 0 Å². The molecule has 0 saturated carbocycles. The van der Waals surface area contributed by atoms with Crippen molar-refractivity contribution in [3.05, 3.63) is 12.2 Å². The first-order valence-corrected chi connectivity index (χ1v) is 7.82. The fourth-order valence-electron chi connectivity index (χ4n) is 0.947. The van der Waals surface area contributed by atoms with Crippen LogP contribution in [0.4, 0.5) is 0 Å². The van der Waals surface area contributed by atoms with Crippen molar-refractivity contribution in [2.75, 3.05) is 0 Å². The van der Waals surface area contributed by atoms with Gasteiger partial charge < -0.3 is 0 Å². The summed E-state index contributed by atoms with van der Waals surface area (Å²) in [5.74, 6) is 12.4. The van der Waals surface area contributed by atoms with Gasteiger partial charge in [-0.25, -0.2) is 0 Å². The minimum atomic E-state index is 0.0826. The molecule has 1 rings (SSSR count). The Labute approximate surface area is 88.8 Å². The number of allylic oxidation sites excluding steroid dienone is 1. The molecular weight excluding hydrogens is 206 g/mol. The number of hydrogen-bond acceptors (Lipinski definition) is 0. The fourth-order valence-corrected chi connectivity index (χ4v) is 3.70. The summed E-state index contributed by atoms with van der Waals surface area (Å²) in [4.78, 5) is 0. The SMILES string of the molecule is C=C(C#CC)C(C)C#CCC1P=P1=C. The first-order valence-electron chi connectivity index (χ1n) is 4.55. The number of hydrogen-bond donors (Lipinski definition) is 0. The summed E-state index contributed by atoms with van der Waals surface area (Å²) >= 11 is 0. The van der Waals surface area contributed by atoms with Crippen molar-refractivity contribution in [2.45, 2.75) is 25.7 Å². The molecule has 0 nitrogen and oxygen atoms in total. The Hall–Kier alpha value is -0.670. The van der Waals surface area contributed by atoms with Crippen LogP contribution in [0.25, 0.3) is 0 Å². The number of rotatable bonds is 2. The highest BCUT2D eigenvalue weighted by Gasteiger charge is 2.13. The quantitative estimate of drug-likeness (QED) is 0.491.